The zero-order valence-corrected chi connectivity index (χ0v) is 5.48. The van der Waals surface area contributed by atoms with Crippen LogP contribution in [-0.4, -0.2) is 41.0 Å². The molecule has 0 aromatic carbocycles. The summed E-state index contributed by atoms with van der Waals surface area (Å²) >= 11 is 0. The van der Waals surface area contributed by atoms with E-state index < -0.39 is 24.5 Å². The van der Waals surface area contributed by atoms with E-state index in [0.29, 0.717) is 0 Å². The lowest BCUT2D eigenvalue weighted by atomic mass is 10.5. The van der Waals surface area contributed by atoms with Crippen LogP contribution in [0.15, 0.2) is 0 Å². The number of carboxylic acid groups (broad SMARTS) is 1. The van der Waals surface area contributed by atoms with E-state index >= 15 is 0 Å². The minimum atomic E-state index is -1.15. The molecule has 1 heterocycles. The Kier molecular flexibility index (Phi) is 1.75. The number of hydrogen-bond acceptors (Lipinski definition) is 3. The lowest BCUT2D eigenvalue weighted by Gasteiger charge is -2.06. The van der Waals surface area contributed by atoms with Crippen LogP contribution in [0.4, 0.5) is 4.79 Å². The topological polar surface area (TPSA) is 88.8 Å². The lowest BCUT2D eigenvalue weighted by Crippen LogP contribution is -2.31. The molecule has 0 unspecified atom stereocenters. The van der Waals surface area contributed by atoms with Gasteiger partial charge in [-0.15, -0.1) is 0 Å². The van der Waals surface area contributed by atoms with Crippen LogP contribution in [0.1, 0.15) is 0 Å². The summed E-state index contributed by atoms with van der Waals surface area (Å²) < 4.78 is 0. The van der Waals surface area contributed by atoms with Crippen LogP contribution in [0.5, 0.6) is 0 Å². The second-order valence-electron chi connectivity index (χ2n) is 2.04. The monoisotopic (exact) mass is 157 g/mol. The molecule has 1 rings (SSSR count). The van der Waals surface area contributed by atoms with Crippen molar-refractivity contribution in [1.29, 1.82) is 0 Å². The number of rotatable bonds is 2. The molecular weight excluding hydrogens is 152 g/mol. The molecule has 0 aromatic rings. The zero-order valence-electron chi connectivity index (χ0n) is 5.48. The number of imide groups is 1. The molecule has 1 aliphatic rings. The van der Waals surface area contributed by atoms with Gasteiger partial charge in [0.25, 0.3) is 5.91 Å². The van der Waals surface area contributed by atoms with Crippen LogP contribution in [0.2, 0.25) is 0 Å². The molecule has 0 spiro atoms. The predicted molar refractivity (Wildman–Crippen MR) is 31.7 cm³/mol. The lowest BCUT2D eigenvalue weighted by molar-refractivity contribution is -0.137. The van der Waals surface area contributed by atoms with Gasteiger partial charge in [0, 0.05) is 0 Å². The fourth-order valence-corrected chi connectivity index (χ4v) is 0.730. The fraction of sp³-hybridized carbons (Fsp3) is 0.400. The molecule has 0 saturated carbocycles. The van der Waals surface area contributed by atoms with Crippen LogP contribution in [0.25, 0.3) is 0 Å². The van der Waals surface area contributed by atoms with E-state index in [-0.39, 0.29) is 6.54 Å². The van der Waals surface area contributed by atoms with Crippen molar-refractivity contribution in [3.05, 3.63) is 0 Å². The summed E-state index contributed by atoms with van der Waals surface area (Å²) in [5.41, 5.74) is 0. The number of carboxylic acids is 1. The number of urea groups is 1. The van der Waals surface area contributed by atoms with Gasteiger partial charge >= 0.3 is 12.0 Å². The summed E-state index contributed by atoms with van der Waals surface area (Å²) in [5, 5.41) is 11.2. The molecular formula is C5H5N2O4. The fourth-order valence-electron chi connectivity index (χ4n) is 0.730. The largest absolute Gasteiger partial charge is 0.480 e. The maximum Gasteiger partial charge on any atom is 0.347 e. The van der Waals surface area contributed by atoms with E-state index in [1.165, 1.54) is 0 Å². The molecule has 0 atom stereocenters. The summed E-state index contributed by atoms with van der Waals surface area (Å²) in [6.45, 7) is -0.681. The Morgan fingerprint density at radius 1 is 1.64 bits per heavy atom. The van der Waals surface area contributed by atoms with E-state index in [0.717, 1.165) is 4.90 Å². The Bertz CT molecular complexity index is 225. The highest BCUT2D eigenvalue weighted by molar-refractivity contribution is 6.02. The summed E-state index contributed by atoms with van der Waals surface area (Å²) in [5.74, 6) is -1.74. The third-order valence-electron chi connectivity index (χ3n) is 1.14. The Hall–Kier alpha value is -1.59. The van der Waals surface area contributed by atoms with Crippen LogP contribution in [0, 0.1) is 0 Å². The first-order valence-electron chi connectivity index (χ1n) is 2.85. The van der Waals surface area contributed by atoms with Crippen LogP contribution in [-0.2, 0) is 9.59 Å². The molecule has 3 amide bonds. The highest BCUT2D eigenvalue weighted by Crippen LogP contribution is 1.98. The van der Waals surface area contributed by atoms with Gasteiger partial charge in [-0.25, -0.2) is 4.79 Å². The maximum absolute atomic E-state index is 10.6. The summed E-state index contributed by atoms with van der Waals surface area (Å²) in [6.07, 6.45) is 0. The van der Waals surface area contributed by atoms with Gasteiger partial charge in [-0.2, -0.15) is 5.32 Å². The SMILES string of the molecule is O=C(O)CN1CC(=O)[N]C1=O. The third-order valence-corrected chi connectivity index (χ3v) is 1.14. The second-order valence-corrected chi connectivity index (χ2v) is 2.04. The second kappa shape index (κ2) is 2.57. The predicted octanol–water partition coefficient (Wildman–Crippen LogP) is -1.36. The molecule has 0 bridgehead atoms. The normalized spacial score (nSPS) is 16.9. The average molecular weight is 157 g/mol. The molecule has 6 nitrogen and oxygen atoms in total. The van der Waals surface area contributed by atoms with E-state index in [1.54, 1.807) is 0 Å². The molecule has 11 heavy (non-hydrogen) atoms. The number of amides is 3. The van der Waals surface area contributed by atoms with Crippen molar-refractivity contribution in [2.45, 2.75) is 0 Å². The van der Waals surface area contributed by atoms with Gasteiger partial charge in [-0.1, -0.05) is 0 Å². The van der Waals surface area contributed by atoms with E-state index in [4.69, 9.17) is 5.11 Å². The first kappa shape index (κ1) is 7.52. The van der Waals surface area contributed by atoms with Crippen molar-refractivity contribution in [3.63, 3.8) is 0 Å². The van der Waals surface area contributed by atoms with Gasteiger partial charge in [0.2, 0.25) is 0 Å². The molecule has 59 valence electrons. The van der Waals surface area contributed by atoms with Crippen molar-refractivity contribution < 1.29 is 19.5 Å². The number of nitrogens with zero attached hydrogens (tertiary/aromatic N) is 2. The standard InChI is InChI=1S/C5H5N2O4/c8-3-1-7(2-4(9)10)5(11)6-3/h1-2H2,(H,9,10). The minimum absolute atomic E-state index is 0.217. The minimum Gasteiger partial charge on any atom is -0.480 e. The maximum atomic E-state index is 10.6. The number of hydrogen-bond donors (Lipinski definition) is 1. The van der Waals surface area contributed by atoms with Crippen LogP contribution in [0.3, 0.4) is 0 Å². The van der Waals surface area contributed by atoms with Crippen molar-refractivity contribution in [2.24, 2.45) is 0 Å². The Morgan fingerprint density at radius 2 is 2.27 bits per heavy atom. The van der Waals surface area contributed by atoms with E-state index in [9.17, 15) is 14.4 Å². The average Bonchev–Trinajstić information content (AvgIpc) is 2.09. The van der Waals surface area contributed by atoms with Gasteiger partial charge < -0.3 is 10.0 Å². The number of aliphatic carboxylic acids is 1. The van der Waals surface area contributed by atoms with Gasteiger partial charge in [-0.05, 0) is 0 Å². The van der Waals surface area contributed by atoms with Crippen molar-refractivity contribution >= 4 is 17.9 Å². The molecule has 1 aliphatic heterocycles. The highest BCUT2D eigenvalue weighted by Gasteiger charge is 2.29. The third kappa shape index (κ3) is 1.66. The Morgan fingerprint density at radius 3 is 2.64 bits per heavy atom. The first-order chi connectivity index (χ1) is 5.09. The van der Waals surface area contributed by atoms with Crippen LogP contribution >= 0.6 is 0 Å². The van der Waals surface area contributed by atoms with Crippen LogP contribution < -0.4 is 5.32 Å². The Balaban J connectivity index is 2.53. The van der Waals surface area contributed by atoms with Crippen molar-refractivity contribution in [1.82, 2.24) is 10.2 Å². The van der Waals surface area contributed by atoms with Crippen molar-refractivity contribution in [2.75, 3.05) is 13.1 Å². The zero-order chi connectivity index (χ0) is 8.43. The molecule has 6 heteroatoms. The smallest absolute Gasteiger partial charge is 0.347 e. The van der Waals surface area contributed by atoms with E-state index in [2.05, 4.69) is 5.32 Å². The summed E-state index contributed by atoms with van der Waals surface area (Å²) in [7, 11) is 0. The summed E-state index contributed by atoms with van der Waals surface area (Å²) in [6, 6.07) is -0.766. The van der Waals surface area contributed by atoms with Crippen molar-refractivity contribution in [3.8, 4) is 0 Å². The molecule has 1 radical (unpaired) electrons. The summed E-state index contributed by atoms with van der Waals surface area (Å²) in [4.78, 5) is 31.9. The molecule has 1 fully saturated rings. The van der Waals surface area contributed by atoms with Gasteiger partial charge in [-0.3, -0.25) is 9.59 Å². The molecule has 1 N–H and O–H groups in total. The first-order valence-corrected chi connectivity index (χ1v) is 2.85. The van der Waals surface area contributed by atoms with Gasteiger partial charge in [0.1, 0.15) is 13.1 Å². The molecule has 1 saturated heterocycles. The quantitative estimate of drug-likeness (QED) is 0.501. The highest BCUT2D eigenvalue weighted by atomic mass is 16.4. The molecule has 0 aliphatic carbocycles. The number of carbonyl (C=O) groups excluding carboxylic acids is 2. The number of carbonyl (C=O) groups is 3. The van der Waals surface area contributed by atoms with Gasteiger partial charge in [0.05, 0.1) is 0 Å². The van der Waals surface area contributed by atoms with E-state index in [1.807, 2.05) is 0 Å². The molecule has 0 aromatic heterocycles. The van der Waals surface area contributed by atoms with Gasteiger partial charge in [0.15, 0.2) is 0 Å². The Labute approximate surface area is 61.8 Å².